The fourth-order valence-electron chi connectivity index (χ4n) is 0.240. The van der Waals surface area contributed by atoms with Crippen molar-refractivity contribution in [3.05, 3.63) is 11.6 Å². The smallest absolute Gasteiger partial charge is 0.347 e. The number of carbonyl (C=O) groups excluding carboxylic acids is 1. The Morgan fingerprint density at radius 3 is 2.67 bits per heavy atom. The Bertz CT molecular complexity index is 176. The van der Waals surface area contributed by atoms with Crippen LogP contribution in [0.1, 0.15) is 13.8 Å². The molecule has 0 saturated carbocycles. The Kier molecular flexibility index (Phi) is 3.14. The van der Waals surface area contributed by atoms with E-state index in [0.29, 0.717) is 5.57 Å². The van der Waals surface area contributed by atoms with Crippen LogP contribution < -0.4 is 0 Å². The highest BCUT2D eigenvalue weighted by Gasteiger charge is 2.01. The Balaban J connectivity index is 3.93. The Morgan fingerprint density at radius 1 is 1.78 bits per heavy atom. The van der Waals surface area contributed by atoms with Gasteiger partial charge in [-0.2, -0.15) is 0 Å². The molecule has 3 heteroatoms. The van der Waals surface area contributed by atoms with Gasteiger partial charge in [-0.1, -0.05) is 6.08 Å². The third-order valence-corrected chi connectivity index (χ3v) is 0.893. The molecule has 0 heterocycles. The zero-order valence-corrected chi connectivity index (χ0v) is 5.34. The van der Waals surface area contributed by atoms with Crippen molar-refractivity contribution < 1.29 is 9.53 Å². The van der Waals surface area contributed by atoms with Gasteiger partial charge in [0.1, 0.15) is 0 Å². The van der Waals surface area contributed by atoms with Crippen molar-refractivity contribution in [1.82, 2.24) is 0 Å². The van der Waals surface area contributed by atoms with Gasteiger partial charge in [-0.3, -0.25) is 0 Å². The van der Waals surface area contributed by atoms with Crippen LogP contribution in [-0.2, 0) is 9.53 Å². The van der Waals surface area contributed by atoms with Crippen molar-refractivity contribution in [2.45, 2.75) is 13.8 Å². The fourth-order valence-corrected chi connectivity index (χ4v) is 0.240. The minimum atomic E-state index is -0.583. The first kappa shape index (κ1) is 7.70. The maximum absolute atomic E-state index is 10.5. The number of rotatable bonds is 1. The molecule has 0 aliphatic carbocycles. The normalized spacial score (nSPS) is 10.1. The zero-order chi connectivity index (χ0) is 7.28. The van der Waals surface area contributed by atoms with E-state index in [1.807, 2.05) is 0 Å². The van der Waals surface area contributed by atoms with Gasteiger partial charge < -0.3 is 4.74 Å². The van der Waals surface area contributed by atoms with Gasteiger partial charge in [0.2, 0.25) is 0 Å². The number of allylic oxidation sites excluding steroid dienone is 1. The summed E-state index contributed by atoms with van der Waals surface area (Å²) in [5, 5.41) is 7.86. The van der Waals surface area contributed by atoms with Gasteiger partial charge >= 0.3 is 5.97 Å². The van der Waals surface area contributed by atoms with E-state index in [1.165, 1.54) is 6.26 Å². The monoisotopic (exact) mass is 125 g/mol. The molecule has 0 N–H and O–H groups in total. The zero-order valence-electron chi connectivity index (χ0n) is 5.34. The largest absolute Gasteiger partial charge is 0.348 e. The first-order valence-electron chi connectivity index (χ1n) is 2.45. The van der Waals surface area contributed by atoms with E-state index < -0.39 is 5.97 Å². The molecular weight excluding hydrogens is 118 g/mol. The molecule has 48 valence electrons. The summed E-state index contributed by atoms with van der Waals surface area (Å²) in [6, 6.07) is 0. The molecule has 0 amide bonds. The van der Waals surface area contributed by atoms with Crippen molar-refractivity contribution in [3.63, 3.8) is 0 Å². The molecule has 0 aliphatic rings. The molecule has 0 radical (unpaired) electrons. The Morgan fingerprint density at radius 2 is 2.33 bits per heavy atom. The number of nitriles is 1. The van der Waals surface area contributed by atoms with Crippen LogP contribution in [0.3, 0.4) is 0 Å². The maximum Gasteiger partial charge on any atom is 0.348 e. The summed E-state index contributed by atoms with van der Waals surface area (Å²) in [6.07, 6.45) is 2.88. The predicted molar refractivity (Wildman–Crippen MR) is 31.1 cm³/mol. The topological polar surface area (TPSA) is 50.1 Å². The highest BCUT2D eigenvalue weighted by molar-refractivity contribution is 5.88. The lowest BCUT2D eigenvalue weighted by Crippen LogP contribution is -1.99. The number of esters is 1. The van der Waals surface area contributed by atoms with Gasteiger partial charge in [-0.25, -0.2) is 4.79 Å². The molecule has 0 aliphatic heterocycles. The lowest BCUT2D eigenvalue weighted by molar-refractivity contribution is -0.132. The van der Waals surface area contributed by atoms with E-state index in [0.717, 1.165) is 0 Å². The molecule has 0 aromatic carbocycles. The summed E-state index contributed by atoms with van der Waals surface area (Å²) in [6.45, 7) is 3.29. The van der Waals surface area contributed by atoms with E-state index >= 15 is 0 Å². The van der Waals surface area contributed by atoms with Crippen LogP contribution in [0.25, 0.3) is 0 Å². The lowest BCUT2D eigenvalue weighted by Gasteiger charge is -1.90. The molecule has 3 nitrogen and oxygen atoms in total. The number of carbonyl (C=O) groups is 1. The number of ether oxygens (including phenoxy) is 1. The van der Waals surface area contributed by atoms with Crippen LogP contribution in [0.4, 0.5) is 0 Å². The summed E-state index contributed by atoms with van der Waals surface area (Å²) >= 11 is 0. The molecule has 0 aromatic heterocycles. The summed E-state index contributed by atoms with van der Waals surface area (Å²) < 4.78 is 3.99. The first-order chi connectivity index (χ1) is 4.22. The summed E-state index contributed by atoms with van der Waals surface area (Å²) in [7, 11) is 0. The molecule has 0 saturated heterocycles. The lowest BCUT2D eigenvalue weighted by atomic mass is 10.3. The van der Waals surface area contributed by atoms with Crippen molar-refractivity contribution in [2.24, 2.45) is 0 Å². The third-order valence-electron chi connectivity index (χ3n) is 0.893. The fraction of sp³-hybridized carbons (Fsp3) is 0.333. The van der Waals surface area contributed by atoms with Crippen molar-refractivity contribution in [2.75, 3.05) is 0 Å². The second-order valence-corrected chi connectivity index (χ2v) is 1.45. The van der Waals surface area contributed by atoms with Crippen LogP contribution in [0.15, 0.2) is 11.6 Å². The highest BCUT2D eigenvalue weighted by atomic mass is 16.5. The van der Waals surface area contributed by atoms with Crippen molar-refractivity contribution >= 4 is 5.97 Å². The molecule has 0 bridgehead atoms. The van der Waals surface area contributed by atoms with Crippen LogP contribution in [0.5, 0.6) is 0 Å². The molecule has 0 rings (SSSR count). The van der Waals surface area contributed by atoms with Gasteiger partial charge in [0, 0.05) is 5.57 Å². The third kappa shape index (κ3) is 2.50. The SMILES string of the molecule is CC=C(C)C(=O)OC#N. The van der Waals surface area contributed by atoms with Crippen molar-refractivity contribution in [1.29, 1.82) is 5.26 Å². The highest BCUT2D eigenvalue weighted by Crippen LogP contribution is 1.93. The van der Waals surface area contributed by atoms with Crippen molar-refractivity contribution in [3.8, 4) is 6.26 Å². The number of nitrogens with zero attached hydrogens (tertiary/aromatic N) is 1. The number of hydrogen-bond donors (Lipinski definition) is 0. The van der Waals surface area contributed by atoms with E-state index in [2.05, 4.69) is 4.74 Å². The summed E-state index contributed by atoms with van der Waals surface area (Å²) in [4.78, 5) is 10.5. The summed E-state index contributed by atoms with van der Waals surface area (Å²) in [5.41, 5.74) is 0.441. The second-order valence-electron chi connectivity index (χ2n) is 1.45. The minimum absolute atomic E-state index is 0.441. The van der Waals surface area contributed by atoms with Crippen LogP contribution in [-0.4, -0.2) is 5.97 Å². The Hall–Kier alpha value is -1.30. The van der Waals surface area contributed by atoms with Gasteiger partial charge in [-0.05, 0) is 13.8 Å². The van der Waals surface area contributed by atoms with Crippen LogP contribution in [0, 0.1) is 11.5 Å². The molecule has 0 spiro atoms. The molecule has 0 aromatic rings. The minimum Gasteiger partial charge on any atom is -0.347 e. The van der Waals surface area contributed by atoms with Crippen LogP contribution >= 0.6 is 0 Å². The maximum atomic E-state index is 10.5. The van der Waals surface area contributed by atoms with Crippen LogP contribution in [0.2, 0.25) is 0 Å². The summed E-state index contributed by atoms with van der Waals surface area (Å²) in [5.74, 6) is -0.583. The average Bonchev–Trinajstić information content (AvgIpc) is 1.87. The standard InChI is InChI=1S/C6H7NO2/c1-3-5(2)6(8)9-4-7/h3H,1-2H3. The molecule has 9 heavy (non-hydrogen) atoms. The van der Waals surface area contributed by atoms with Gasteiger partial charge in [-0.15, -0.1) is 5.26 Å². The van der Waals surface area contributed by atoms with E-state index in [1.54, 1.807) is 19.9 Å². The first-order valence-corrected chi connectivity index (χ1v) is 2.45. The van der Waals surface area contributed by atoms with Gasteiger partial charge in [0.25, 0.3) is 6.26 Å². The number of hydrogen-bond acceptors (Lipinski definition) is 3. The van der Waals surface area contributed by atoms with E-state index in [4.69, 9.17) is 5.26 Å². The van der Waals surface area contributed by atoms with Gasteiger partial charge in [0.05, 0.1) is 0 Å². The Labute approximate surface area is 53.5 Å². The quantitative estimate of drug-likeness (QED) is 0.298. The predicted octanol–water partition coefficient (Wildman–Crippen LogP) is 0.977. The second kappa shape index (κ2) is 3.67. The average molecular weight is 125 g/mol. The molecular formula is C6H7NO2. The molecule has 0 fully saturated rings. The molecule has 0 unspecified atom stereocenters. The molecule has 0 atom stereocenters. The van der Waals surface area contributed by atoms with E-state index in [9.17, 15) is 4.79 Å². The van der Waals surface area contributed by atoms with E-state index in [-0.39, 0.29) is 0 Å². The van der Waals surface area contributed by atoms with Gasteiger partial charge in [0.15, 0.2) is 0 Å².